The number of halogens is 1. The van der Waals surface area contributed by atoms with Gasteiger partial charge in [-0.25, -0.2) is 0 Å². The molecule has 1 aliphatic carbocycles. The number of benzene rings is 3. The molecular formula is C33H41ClO2. The summed E-state index contributed by atoms with van der Waals surface area (Å²) in [5.74, 6) is 0.968. The average Bonchev–Trinajstić information content (AvgIpc) is 3.16. The van der Waals surface area contributed by atoms with Crippen LogP contribution < -0.4 is 4.74 Å². The summed E-state index contributed by atoms with van der Waals surface area (Å²) in [6.07, 6.45) is 13.0. The van der Waals surface area contributed by atoms with Gasteiger partial charge in [-0.15, -0.1) is 0 Å². The smallest absolute Gasteiger partial charge is 0.119 e. The molecule has 0 amide bonds. The van der Waals surface area contributed by atoms with E-state index in [-0.39, 0.29) is 5.41 Å². The van der Waals surface area contributed by atoms with Crippen LogP contribution in [0.25, 0.3) is 11.1 Å². The largest absolute Gasteiger partial charge is 0.494 e. The van der Waals surface area contributed by atoms with Crippen molar-refractivity contribution in [3.8, 4) is 16.9 Å². The monoisotopic (exact) mass is 504 g/mol. The van der Waals surface area contributed by atoms with Crippen LogP contribution in [0.4, 0.5) is 0 Å². The lowest BCUT2D eigenvalue weighted by Crippen LogP contribution is -2.22. The van der Waals surface area contributed by atoms with Crippen LogP contribution in [-0.2, 0) is 10.2 Å². The Hall–Kier alpha value is -2.29. The number of hydrogen-bond donors (Lipinski definition) is 0. The quantitative estimate of drug-likeness (QED) is 0.192. The van der Waals surface area contributed by atoms with Crippen LogP contribution >= 0.6 is 11.6 Å². The predicted molar refractivity (Wildman–Crippen MR) is 152 cm³/mol. The lowest BCUT2D eigenvalue weighted by atomic mass is 9.74. The summed E-state index contributed by atoms with van der Waals surface area (Å²) in [6.45, 7) is 4.01. The number of methoxy groups -OCH3 is 1. The summed E-state index contributed by atoms with van der Waals surface area (Å²) >= 11 is 6.21. The van der Waals surface area contributed by atoms with Gasteiger partial charge in [0.25, 0.3) is 0 Å². The summed E-state index contributed by atoms with van der Waals surface area (Å²) in [7, 11) is 1.79. The molecule has 0 aromatic heterocycles. The predicted octanol–water partition coefficient (Wildman–Crippen LogP) is 9.60. The third-order valence-electron chi connectivity index (χ3n) is 7.72. The van der Waals surface area contributed by atoms with Gasteiger partial charge in [0, 0.05) is 24.2 Å². The minimum absolute atomic E-state index is 0.223. The van der Waals surface area contributed by atoms with Crippen LogP contribution in [0.15, 0.2) is 66.7 Å². The van der Waals surface area contributed by atoms with Crippen LogP contribution in [0.5, 0.6) is 5.75 Å². The zero-order valence-electron chi connectivity index (χ0n) is 22.0. The Morgan fingerprint density at radius 3 is 1.89 bits per heavy atom. The number of rotatable bonds is 15. The van der Waals surface area contributed by atoms with E-state index in [2.05, 4.69) is 61.5 Å². The molecule has 0 radical (unpaired) electrons. The van der Waals surface area contributed by atoms with E-state index in [0.29, 0.717) is 0 Å². The number of unbranched alkanes of at least 4 members (excludes halogenated alkanes) is 9. The number of hydrogen-bond acceptors (Lipinski definition) is 2. The van der Waals surface area contributed by atoms with Crippen molar-refractivity contribution in [3.05, 3.63) is 88.4 Å². The maximum absolute atomic E-state index is 6.24. The molecule has 1 unspecified atom stereocenters. The molecule has 36 heavy (non-hydrogen) atoms. The highest BCUT2D eigenvalue weighted by molar-refractivity contribution is 6.30. The van der Waals surface area contributed by atoms with Gasteiger partial charge in [0.15, 0.2) is 0 Å². The molecule has 3 heteroatoms. The van der Waals surface area contributed by atoms with Crippen molar-refractivity contribution in [3.63, 3.8) is 0 Å². The second kappa shape index (κ2) is 13.3. The van der Waals surface area contributed by atoms with Crippen molar-refractivity contribution < 1.29 is 9.47 Å². The van der Waals surface area contributed by atoms with E-state index < -0.39 is 0 Å². The first-order chi connectivity index (χ1) is 17.6. The Morgan fingerprint density at radius 2 is 1.22 bits per heavy atom. The highest BCUT2D eigenvalue weighted by Crippen LogP contribution is 2.53. The van der Waals surface area contributed by atoms with E-state index in [9.17, 15) is 0 Å². The fourth-order valence-electron chi connectivity index (χ4n) is 5.61. The first-order valence-corrected chi connectivity index (χ1v) is 14.1. The Morgan fingerprint density at radius 1 is 0.639 bits per heavy atom. The molecule has 1 aliphatic rings. The summed E-state index contributed by atoms with van der Waals surface area (Å²) in [5.41, 5.74) is 6.30. The third-order valence-corrected chi connectivity index (χ3v) is 7.97. The Labute approximate surface area is 223 Å². The molecule has 3 aromatic carbocycles. The minimum Gasteiger partial charge on any atom is -0.494 e. The van der Waals surface area contributed by atoms with Crippen molar-refractivity contribution in [2.75, 3.05) is 20.3 Å². The first-order valence-electron chi connectivity index (χ1n) is 13.8. The highest BCUT2D eigenvalue weighted by Gasteiger charge is 2.40. The van der Waals surface area contributed by atoms with Gasteiger partial charge < -0.3 is 9.47 Å². The van der Waals surface area contributed by atoms with Crippen LogP contribution in [0.2, 0.25) is 5.02 Å². The van der Waals surface area contributed by atoms with E-state index in [1.807, 2.05) is 12.1 Å². The Bertz CT molecular complexity index is 1090. The SMILES string of the molecule is COCCCCCCCCCCCCOc1ccc2c(c1)C(C)(c1ccc(Cl)cc1)c1ccccc1-2. The molecule has 3 aromatic rings. The molecule has 0 aliphatic heterocycles. The summed E-state index contributed by atoms with van der Waals surface area (Å²) in [6, 6.07) is 23.7. The van der Waals surface area contributed by atoms with Gasteiger partial charge in [-0.3, -0.25) is 0 Å². The summed E-state index contributed by atoms with van der Waals surface area (Å²) < 4.78 is 11.4. The van der Waals surface area contributed by atoms with E-state index in [0.717, 1.165) is 30.4 Å². The highest BCUT2D eigenvalue weighted by atomic mass is 35.5. The zero-order chi connectivity index (χ0) is 25.2. The minimum atomic E-state index is -0.223. The zero-order valence-corrected chi connectivity index (χ0v) is 22.8. The third kappa shape index (κ3) is 6.33. The molecule has 4 rings (SSSR count). The molecular weight excluding hydrogens is 464 g/mol. The lowest BCUT2D eigenvalue weighted by Gasteiger charge is -2.28. The average molecular weight is 505 g/mol. The lowest BCUT2D eigenvalue weighted by molar-refractivity contribution is 0.192. The first kappa shape index (κ1) is 26.8. The molecule has 0 N–H and O–H groups in total. The van der Waals surface area contributed by atoms with Crippen LogP contribution in [0.3, 0.4) is 0 Å². The van der Waals surface area contributed by atoms with Crippen molar-refractivity contribution in [2.24, 2.45) is 0 Å². The van der Waals surface area contributed by atoms with Gasteiger partial charge >= 0.3 is 0 Å². The molecule has 0 saturated heterocycles. The van der Waals surface area contributed by atoms with Crippen LogP contribution in [0, 0.1) is 0 Å². The van der Waals surface area contributed by atoms with Gasteiger partial charge in [-0.2, -0.15) is 0 Å². The normalized spacial score (nSPS) is 16.1. The van der Waals surface area contributed by atoms with Gasteiger partial charge in [0.05, 0.1) is 6.61 Å². The van der Waals surface area contributed by atoms with Crippen LogP contribution in [0.1, 0.15) is 87.8 Å². The van der Waals surface area contributed by atoms with Gasteiger partial charge in [0.1, 0.15) is 5.75 Å². The number of fused-ring (bicyclic) bond motifs is 3. The summed E-state index contributed by atoms with van der Waals surface area (Å²) in [5, 5.41) is 0.767. The molecule has 2 nitrogen and oxygen atoms in total. The molecule has 0 bridgehead atoms. The molecule has 0 saturated carbocycles. The van der Waals surface area contributed by atoms with Crippen molar-refractivity contribution >= 4 is 11.6 Å². The van der Waals surface area contributed by atoms with Gasteiger partial charge in [-0.1, -0.05) is 105 Å². The molecule has 192 valence electrons. The maximum atomic E-state index is 6.24. The van der Waals surface area contributed by atoms with E-state index in [1.165, 1.54) is 85.6 Å². The second-order valence-electron chi connectivity index (χ2n) is 10.3. The van der Waals surface area contributed by atoms with E-state index >= 15 is 0 Å². The Kier molecular flexibility index (Phi) is 9.90. The van der Waals surface area contributed by atoms with Crippen LogP contribution in [-0.4, -0.2) is 20.3 Å². The molecule has 0 fully saturated rings. The standard InChI is InChI=1S/C33H41ClO2/c1-33(26-17-19-27(34)20-18-26)31-16-12-11-15-29(31)30-22-21-28(25-32(30)33)36-24-14-10-8-6-4-3-5-7-9-13-23-35-2/h11-12,15-22,25H,3-10,13-14,23-24H2,1-2H3. The van der Waals surface area contributed by atoms with E-state index in [1.54, 1.807) is 7.11 Å². The molecule has 0 heterocycles. The van der Waals surface area contributed by atoms with Crippen molar-refractivity contribution in [1.82, 2.24) is 0 Å². The maximum Gasteiger partial charge on any atom is 0.119 e. The number of ether oxygens (including phenoxy) is 2. The topological polar surface area (TPSA) is 18.5 Å². The van der Waals surface area contributed by atoms with Gasteiger partial charge in [0.2, 0.25) is 0 Å². The fraction of sp³-hybridized carbons (Fsp3) is 0.455. The van der Waals surface area contributed by atoms with Crippen molar-refractivity contribution in [2.45, 2.75) is 76.5 Å². The molecule has 0 spiro atoms. The fourth-order valence-corrected chi connectivity index (χ4v) is 5.73. The molecule has 1 atom stereocenters. The van der Waals surface area contributed by atoms with Crippen molar-refractivity contribution in [1.29, 1.82) is 0 Å². The Balaban J connectivity index is 1.27. The van der Waals surface area contributed by atoms with Gasteiger partial charge in [-0.05, 0) is 71.8 Å². The van der Waals surface area contributed by atoms with E-state index in [4.69, 9.17) is 21.1 Å². The second-order valence-corrected chi connectivity index (χ2v) is 10.7. The summed E-state index contributed by atoms with van der Waals surface area (Å²) in [4.78, 5) is 0.